The molecule has 1 heterocycles. The van der Waals surface area contributed by atoms with Crippen LogP contribution >= 0.6 is 0 Å². The zero-order valence-corrected chi connectivity index (χ0v) is 10.7. The van der Waals surface area contributed by atoms with E-state index in [9.17, 15) is 14.4 Å². The Balaban J connectivity index is 2.39. The van der Waals surface area contributed by atoms with Crippen LogP contribution in [0.2, 0.25) is 0 Å². The van der Waals surface area contributed by atoms with Crippen LogP contribution in [-0.2, 0) is 4.79 Å². The van der Waals surface area contributed by atoms with E-state index in [2.05, 4.69) is 10.2 Å². The zero-order chi connectivity index (χ0) is 14.7. The Hall–Kier alpha value is -2.83. The van der Waals surface area contributed by atoms with Crippen molar-refractivity contribution >= 4 is 12.0 Å². The highest BCUT2D eigenvalue weighted by Gasteiger charge is 2.13. The number of carboxylic acids is 1. The number of aromatic amines is 2. The van der Waals surface area contributed by atoms with Gasteiger partial charge in [0, 0.05) is 6.08 Å². The number of rotatable bonds is 4. The summed E-state index contributed by atoms with van der Waals surface area (Å²) in [6, 6.07) is 6.50. The van der Waals surface area contributed by atoms with Gasteiger partial charge in [-0.25, -0.2) is 29.1 Å². The maximum absolute atomic E-state index is 11.5. The van der Waals surface area contributed by atoms with Crippen molar-refractivity contribution in [2.24, 2.45) is 0 Å². The second-order valence-electron chi connectivity index (χ2n) is 4.25. The first-order valence-electron chi connectivity index (χ1n) is 5.89. The molecule has 7 nitrogen and oxygen atoms in total. The number of carbonyl (C=O) groups is 1. The van der Waals surface area contributed by atoms with Crippen molar-refractivity contribution in [3.8, 4) is 0 Å². The molecule has 3 N–H and O–H groups in total. The number of H-pyrrole nitrogens is 2. The average molecular weight is 275 g/mol. The third-order valence-corrected chi connectivity index (χ3v) is 2.91. The predicted molar refractivity (Wildman–Crippen MR) is 72.6 cm³/mol. The molecule has 0 fully saturated rings. The molecule has 1 aromatic carbocycles. The van der Waals surface area contributed by atoms with Gasteiger partial charge in [0.15, 0.2) is 0 Å². The van der Waals surface area contributed by atoms with Crippen molar-refractivity contribution in [2.45, 2.75) is 13.0 Å². The summed E-state index contributed by atoms with van der Waals surface area (Å²) in [5.41, 5.74) is 0.365. The lowest BCUT2D eigenvalue weighted by Crippen LogP contribution is -2.30. The first kappa shape index (κ1) is 13.6. The molecule has 0 bridgehead atoms. The van der Waals surface area contributed by atoms with E-state index in [0.29, 0.717) is 5.56 Å². The van der Waals surface area contributed by atoms with Crippen molar-refractivity contribution in [3.63, 3.8) is 0 Å². The number of carboxylic acid groups (broad SMARTS) is 1. The largest absolute Gasteiger partial charge is 0.478 e. The van der Waals surface area contributed by atoms with Crippen LogP contribution < -0.4 is 11.4 Å². The van der Waals surface area contributed by atoms with E-state index in [4.69, 9.17) is 5.11 Å². The van der Waals surface area contributed by atoms with Gasteiger partial charge in [-0.1, -0.05) is 18.2 Å². The van der Waals surface area contributed by atoms with Crippen LogP contribution in [0.15, 0.2) is 39.9 Å². The molecule has 20 heavy (non-hydrogen) atoms. The minimum atomic E-state index is -1.04. The lowest BCUT2D eigenvalue weighted by molar-refractivity contribution is -0.131. The van der Waals surface area contributed by atoms with Crippen LogP contribution in [0.3, 0.4) is 0 Å². The molecule has 7 heteroatoms. The first-order chi connectivity index (χ1) is 9.49. The van der Waals surface area contributed by atoms with Crippen LogP contribution in [0.4, 0.5) is 0 Å². The molecule has 1 atom stereocenters. The van der Waals surface area contributed by atoms with E-state index in [1.165, 1.54) is 6.08 Å². The molecule has 0 spiro atoms. The number of nitrogens with one attached hydrogen (secondary N) is 2. The van der Waals surface area contributed by atoms with Crippen molar-refractivity contribution < 1.29 is 9.90 Å². The third-order valence-electron chi connectivity index (χ3n) is 2.91. The van der Waals surface area contributed by atoms with Crippen molar-refractivity contribution in [3.05, 3.63) is 62.4 Å². The van der Waals surface area contributed by atoms with Crippen molar-refractivity contribution in [1.82, 2.24) is 14.8 Å². The fraction of sp³-hybridized carbons (Fsp3) is 0.154. The van der Waals surface area contributed by atoms with E-state index in [1.807, 2.05) is 0 Å². The SMILES string of the molecule is CC(c1cccc(/C=C/C(=O)O)c1)n1c(=O)[nH][nH]c1=O. The number of hydrogen-bond acceptors (Lipinski definition) is 3. The quantitative estimate of drug-likeness (QED) is 0.709. The molecule has 104 valence electrons. The maximum Gasteiger partial charge on any atom is 0.344 e. The fourth-order valence-electron chi connectivity index (χ4n) is 1.91. The molecule has 0 aliphatic carbocycles. The summed E-state index contributed by atoms with van der Waals surface area (Å²) in [7, 11) is 0. The molecule has 2 aromatic rings. The van der Waals surface area contributed by atoms with Gasteiger partial charge in [0.1, 0.15) is 0 Å². The number of aromatic nitrogens is 3. The van der Waals surface area contributed by atoms with E-state index < -0.39 is 23.4 Å². The van der Waals surface area contributed by atoms with Crippen molar-refractivity contribution in [2.75, 3.05) is 0 Å². The molecule has 0 radical (unpaired) electrons. The van der Waals surface area contributed by atoms with E-state index >= 15 is 0 Å². The Morgan fingerprint density at radius 2 is 1.95 bits per heavy atom. The topological polar surface area (TPSA) is 108 Å². The van der Waals surface area contributed by atoms with Gasteiger partial charge in [0.25, 0.3) is 0 Å². The highest BCUT2D eigenvalue weighted by atomic mass is 16.4. The summed E-state index contributed by atoms with van der Waals surface area (Å²) < 4.78 is 1.06. The Labute approximate surface area is 113 Å². The molecular weight excluding hydrogens is 262 g/mol. The Bertz CT molecular complexity index is 739. The summed E-state index contributed by atoms with van der Waals surface area (Å²) in [4.78, 5) is 33.6. The second-order valence-corrected chi connectivity index (χ2v) is 4.25. The maximum atomic E-state index is 11.5. The standard InChI is InChI=1S/C13H13N3O4/c1-8(16-12(19)14-15-13(16)20)10-4-2-3-9(7-10)5-6-11(17)18/h2-8H,1H3,(H,14,19)(H,15,20)(H,17,18)/b6-5+. The summed E-state index contributed by atoms with van der Waals surface area (Å²) in [5.74, 6) is -1.04. The molecule has 2 rings (SSSR count). The van der Waals surface area contributed by atoms with Gasteiger partial charge in [0.2, 0.25) is 0 Å². The summed E-state index contributed by atoms with van der Waals surface area (Å²) in [6.45, 7) is 1.71. The van der Waals surface area contributed by atoms with Gasteiger partial charge < -0.3 is 5.11 Å². The fourth-order valence-corrected chi connectivity index (χ4v) is 1.91. The number of nitrogens with zero attached hydrogens (tertiary/aromatic N) is 1. The van der Waals surface area contributed by atoms with Crippen LogP contribution in [0.25, 0.3) is 6.08 Å². The van der Waals surface area contributed by atoms with Gasteiger partial charge >= 0.3 is 17.3 Å². The van der Waals surface area contributed by atoms with E-state index in [-0.39, 0.29) is 0 Å². The van der Waals surface area contributed by atoms with E-state index in [0.717, 1.165) is 16.2 Å². The monoisotopic (exact) mass is 275 g/mol. The Kier molecular flexibility index (Phi) is 3.69. The lowest BCUT2D eigenvalue weighted by Gasteiger charge is -2.11. The van der Waals surface area contributed by atoms with Gasteiger partial charge in [-0.15, -0.1) is 0 Å². The minimum absolute atomic E-state index is 0.462. The van der Waals surface area contributed by atoms with Crippen molar-refractivity contribution in [1.29, 1.82) is 0 Å². The molecule has 0 amide bonds. The molecule has 0 aliphatic heterocycles. The minimum Gasteiger partial charge on any atom is -0.478 e. The highest BCUT2D eigenvalue weighted by molar-refractivity contribution is 5.85. The lowest BCUT2D eigenvalue weighted by atomic mass is 10.0. The molecule has 1 unspecified atom stereocenters. The summed E-state index contributed by atoms with van der Waals surface area (Å²) in [6.07, 6.45) is 2.47. The predicted octanol–water partition coefficient (Wildman–Crippen LogP) is 0.572. The Morgan fingerprint density at radius 1 is 1.30 bits per heavy atom. The highest BCUT2D eigenvalue weighted by Crippen LogP contribution is 2.16. The van der Waals surface area contributed by atoms with Gasteiger partial charge in [-0.05, 0) is 30.2 Å². The smallest absolute Gasteiger partial charge is 0.344 e. The zero-order valence-electron chi connectivity index (χ0n) is 10.7. The van der Waals surface area contributed by atoms with Crippen LogP contribution in [-0.4, -0.2) is 25.8 Å². The molecule has 0 saturated carbocycles. The second kappa shape index (κ2) is 5.43. The van der Waals surface area contributed by atoms with Crippen LogP contribution in [0.5, 0.6) is 0 Å². The normalized spacial score (nSPS) is 12.7. The van der Waals surface area contributed by atoms with Gasteiger partial charge in [-0.2, -0.15) is 0 Å². The third kappa shape index (κ3) is 2.77. The first-order valence-corrected chi connectivity index (χ1v) is 5.89. The van der Waals surface area contributed by atoms with Crippen LogP contribution in [0, 0.1) is 0 Å². The summed E-state index contributed by atoms with van der Waals surface area (Å²) >= 11 is 0. The Morgan fingerprint density at radius 3 is 2.55 bits per heavy atom. The van der Waals surface area contributed by atoms with Crippen LogP contribution in [0.1, 0.15) is 24.1 Å². The van der Waals surface area contributed by atoms with Gasteiger partial charge in [0.05, 0.1) is 6.04 Å². The summed E-state index contributed by atoms with van der Waals surface area (Å²) in [5, 5.41) is 13.0. The number of hydrogen-bond donors (Lipinski definition) is 3. The number of benzene rings is 1. The molecule has 0 aliphatic rings. The molecule has 0 saturated heterocycles. The number of aliphatic carboxylic acids is 1. The van der Waals surface area contributed by atoms with Gasteiger partial charge in [-0.3, -0.25) is 0 Å². The molecule has 1 aromatic heterocycles. The molecular formula is C13H13N3O4. The average Bonchev–Trinajstić information content (AvgIpc) is 2.75. The van der Waals surface area contributed by atoms with E-state index in [1.54, 1.807) is 31.2 Å².